The molecule has 0 spiro atoms. The van der Waals surface area contributed by atoms with E-state index in [1.54, 1.807) is 0 Å². The Morgan fingerprint density at radius 2 is 1.85 bits per heavy atom. The number of likely N-dealkylation sites (tertiary alicyclic amines) is 1. The molecule has 1 fully saturated rings. The van der Waals surface area contributed by atoms with Crippen molar-refractivity contribution in [3.63, 3.8) is 0 Å². The molecule has 1 aliphatic rings. The van der Waals surface area contributed by atoms with Gasteiger partial charge in [-0.3, -0.25) is 4.79 Å². The third kappa shape index (κ3) is 3.43. The summed E-state index contributed by atoms with van der Waals surface area (Å²) >= 11 is 3.51. The number of piperidine rings is 1. The SMILES string of the molecule is Cc1ccc(C(=O)N2CCC(C(C)(C)C)CC2)c(Br)c1. The number of hydrogen-bond donors (Lipinski definition) is 0. The number of amides is 1. The first-order valence-corrected chi connectivity index (χ1v) is 8.14. The van der Waals surface area contributed by atoms with E-state index in [0.717, 1.165) is 36.0 Å². The minimum Gasteiger partial charge on any atom is -0.339 e. The summed E-state index contributed by atoms with van der Waals surface area (Å²) in [7, 11) is 0. The van der Waals surface area contributed by atoms with Crippen molar-refractivity contribution in [2.24, 2.45) is 11.3 Å². The Balaban J connectivity index is 2.05. The number of rotatable bonds is 1. The van der Waals surface area contributed by atoms with Crippen molar-refractivity contribution < 1.29 is 4.79 Å². The van der Waals surface area contributed by atoms with Crippen LogP contribution in [0.1, 0.15) is 49.5 Å². The van der Waals surface area contributed by atoms with Gasteiger partial charge >= 0.3 is 0 Å². The highest BCUT2D eigenvalue weighted by Crippen LogP contribution is 2.34. The van der Waals surface area contributed by atoms with Crippen LogP contribution in [0.5, 0.6) is 0 Å². The normalized spacial score (nSPS) is 17.4. The molecular formula is C17H24BrNO. The second kappa shape index (κ2) is 5.88. The van der Waals surface area contributed by atoms with Crippen LogP contribution < -0.4 is 0 Å². The average molecular weight is 338 g/mol. The molecule has 1 aromatic rings. The molecule has 20 heavy (non-hydrogen) atoms. The van der Waals surface area contributed by atoms with Crippen molar-refractivity contribution in [2.45, 2.75) is 40.5 Å². The standard InChI is InChI=1S/C17H24BrNO/c1-12-5-6-14(15(18)11-12)16(20)19-9-7-13(8-10-19)17(2,3)4/h5-6,11,13H,7-10H2,1-4H3. The molecule has 1 saturated heterocycles. The van der Waals surface area contributed by atoms with Gasteiger partial charge in [0, 0.05) is 17.6 Å². The molecular weight excluding hydrogens is 314 g/mol. The molecule has 1 heterocycles. The predicted molar refractivity (Wildman–Crippen MR) is 87.0 cm³/mol. The van der Waals surface area contributed by atoms with Gasteiger partial charge in [-0.2, -0.15) is 0 Å². The Morgan fingerprint density at radius 3 is 2.35 bits per heavy atom. The molecule has 1 amide bonds. The van der Waals surface area contributed by atoms with Crippen molar-refractivity contribution >= 4 is 21.8 Å². The number of hydrogen-bond acceptors (Lipinski definition) is 1. The van der Waals surface area contributed by atoms with E-state index in [0.29, 0.717) is 11.3 Å². The summed E-state index contributed by atoms with van der Waals surface area (Å²) in [6.07, 6.45) is 2.22. The van der Waals surface area contributed by atoms with Gasteiger partial charge in [0.15, 0.2) is 0 Å². The van der Waals surface area contributed by atoms with Gasteiger partial charge in [-0.05, 0) is 64.7 Å². The molecule has 0 aliphatic carbocycles. The minimum absolute atomic E-state index is 0.157. The van der Waals surface area contributed by atoms with Crippen LogP contribution in [0.25, 0.3) is 0 Å². The number of benzene rings is 1. The molecule has 0 bridgehead atoms. The first kappa shape index (κ1) is 15.6. The van der Waals surface area contributed by atoms with Crippen LogP contribution in [0.4, 0.5) is 0 Å². The smallest absolute Gasteiger partial charge is 0.254 e. The number of carbonyl (C=O) groups is 1. The van der Waals surface area contributed by atoms with Crippen molar-refractivity contribution in [1.29, 1.82) is 0 Å². The van der Waals surface area contributed by atoms with E-state index in [9.17, 15) is 4.79 Å². The van der Waals surface area contributed by atoms with Crippen LogP contribution in [0.2, 0.25) is 0 Å². The summed E-state index contributed by atoms with van der Waals surface area (Å²) in [4.78, 5) is 14.6. The molecule has 0 unspecified atom stereocenters. The molecule has 0 saturated carbocycles. The molecule has 1 aromatic carbocycles. The second-order valence-electron chi connectivity index (χ2n) is 6.92. The third-order valence-electron chi connectivity index (χ3n) is 4.36. The lowest BCUT2D eigenvalue weighted by Gasteiger charge is -2.38. The summed E-state index contributed by atoms with van der Waals surface area (Å²) in [5.41, 5.74) is 2.30. The maximum Gasteiger partial charge on any atom is 0.254 e. The van der Waals surface area contributed by atoms with E-state index in [1.165, 1.54) is 5.56 Å². The van der Waals surface area contributed by atoms with E-state index in [4.69, 9.17) is 0 Å². The lowest BCUT2D eigenvalue weighted by Crippen LogP contribution is -2.41. The highest BCUT2D eigenvalue weighted by atomic mass is 79.9. The molecule has 0 radical (unpaired) electrons. The van der Waals surface area contributed by atoms with Gasteiger partial charge in [-0.1, -0.05) is 26.8 Å². The summed E-state index contributed by atoms with van der Waals surface area (Å²) in [6.45, 7) is 10.7. The van der Waals surface area contributed by atoms with Crippen molar-refractivity contribution in [3.8, 4) is 0 Å². The van der Waals surface area contributed by atoms with Crippen LogP contribution >= 0.6 is 15.9 Å². The van der Waals surface area contributed by atoms with Crippen LogP contribution in [-0.4, -0.2) is 23.9 Å². The largest absolute Gasteiger partial charge is 0.339 e. The van der Waals surface area contributed by atoms with Crippen LogP contribution in [0.3, 0.4) is 0 Å². The van der Waals surface area contributed by atoms with Crippen LogP contribution in [0, 0.1) is 18.3 Å². The van der Waals surface area contributed by atoms with Crippen molar-refractivity contribution in [2.75, 3.05) is 13.1 Å². The summed E-state index contributed by atoms with van der Waals surface area (Å²) in [6, 6.07) is 5.94. The number of halogens is 1. The fourth-order valence-corrected chi connectivity index (χ4v) is 3.58. The zero-order valence-corrected chi connectivity index (χ0v) is 14.5. The van der Waals surface area contributed by atoms with Gasteiger partial charge < -0.3 is 4.90 Å². The van der Waals surface area contributed by atoms with Crippen LogP contribution in [0.15, 0.2) is 22.7 Å². The zero-order chi connectivity index (χ0) is 14.9. The fourth-order valence-electron chi connectivity index (χ4n) is 2.91. The highest BCUT2D eigenvalue weighted by molar-refractivity contribution is 9.10. The summed E-state index contributed by atoms with van der Waals surface area (Å²) < 4.78 is 0.903. The van der Waals surface area contributed by atoms with Crippen LogP contribution in [-0.2, 0) is 0 Å². The minimum atomic E-state index is 0.157. The zero-order valence-electron chi connectivity index (χ0n) is 12.9. The average Bonchev–Trinajstić information content (AvgIpc) is 2.37. The Morgan fingerprint density at radius 1 is 1.25 bits per heavy atom. The first-order valence-electron chi connectivity index (χ1n) is 7.34. The van der Waals surface area contributed by atoms with Gasteiger partial charge in [-0.25, -0.2) is 0 Å². The molecule has 0 atom stereocenters. The van der Waals surface area contributed by atoms with Gasteiger partial charge in [0.1, 0.15) is 0 Å². The molecule has 1 aliphatic heterocycles. The van der Waals surface area contributed by atoms with Gasteiger partial charge in [-0.15, -0.1) is 0 Å². The fraction of sp³-hybridized carbons (Fsp3) is 0.588. The van der Waals surface area contributed by atoms with E-state index in [1.807, 2.05) is 30.0 Å². The maximum atomic E-state index is 12.6. The number of carbonyl (C=O) groups excluding carboxylic acids is 1. The Hall–Kier alpha value is -0.830. The summed E-state index contributed by atoms with van der Waals surface area (Å²) in [5, 5.41) is 0. The molecule has 2 nitrogen and oxygen atoms in total. The van der Waals surface area contributed by atoms with E-state index in [2.05, 4.69) is 36.7 Å². The molecule has 110 valence electrons. The number of nitrogens with zero attached hydrogens (tertiary/aromatic N) is 1. The first-order chi connectivity index (χ1) is 9.29. The Kier molecular flexibility index (Phi) is 4.58. The lowest BCUT2D eigenvalue weighted by molar-refractivity contribution is 0.0608. The molecule has 2 rings (SSSR count). The number of aryl methyl sites for hydroxylation is 1. The maximum absolute atomic E-state index is 12.6. The molecule has 3 heteroatoms. The van der Waals surface area contributed by atoms with E-state index < -0.39 is 0 Å². The van der Waals surface area contributed by atoms with Gasteiger partial charge in [0.2, 0.25) is 0 Å². The van der Waals surface area contributed by atoms with E-state index in [-0.39, 0.29) is 5.91 Å². The van der Waals surface area contributed by atoms with Gasteiger partial charge in [0.25, 0.3) is 5.91 Å². The Bertz CT molecular complexity index is 496. The predicted octanol–water partition coefficient (Wildman–Crippen LogP) is 4.66. The monoisotopic (exact) mass is 337 g/mol. The molecule has 0 aromatic heterocycles. The van der Waals surface area contributed by atoms with E-state index >= 15 is 0 Å². The molecule has 0 N–H and O–H groups in total. The Labute approximate surface area is 130 Å². The highest BCUT2D eigenvalue weighted by Gasteiger charge is 2.31. The van der Waals surface area contributed by atoms with Crippen molar-refractivity contribution in [3.05, 3.63) is 33.8 Å². The summed E-state index contributed by atoms with van der Waals surface area (Å²) in [5.74, 6) is 0.872. The van der Waals surface area contributed by atoms with Gasteiger partial charge in [0.05, 0.1) is 5.56 Å². The lowest BCUT2D eigenvalue weighted by atomic mass is 9.75. The third-order valence-corrected chi connectivity index (χ3v) is 5.02. The van der Waals surface area contributed by atoms with Crippen molar-refractivity contribution in [1.82, 2.24) is 4.90 Å². The quantitative estimate of drug-likeness (QED) is 0.729. The topological polar surface area (TPSA) is 20.3 Å². The second-order valence-corrected chi connectivity index (χ2v) is 7.77.